The number of carbonyl (C=O) groups excluding carboxylic acids is 1. The standard InChI is InChI=1S/C26H32N6OS2/c1-5-31(6-2)19-11-9-18(10-12-19)24-29-30-26(32(24)7-3)34-16-23(33)28-25-21(15-27)20-13-8-17(4)14-22(20)35-25/h9-12,17H,5-8,13-14,16H2,1-4H3,(H,28,33). The Kier molecular flexibility index (Phi) is 8.14. The summed E-state index contributed by atoms with van der Waals surface area (Å²) in [5.74, 6) is 1.50. The molecule has 184 valence electrons. The summed E-state index contributed by atoms with van der Waals surface area (Å²) in [6, 6.07) is 10.7. The van der Waals surface area contributed by atoms with Gasteiger partial charge in [-0.15, -0.1) is 21.5 Å². The summed E-state index contributed by atoms with van der Waals surface area (Å²) >= 11 is 2.92. The van der Waals surface area contributed by atoms with Gasteiger partial charge >= 0.3 is 0 Å². The van der Waals surface area contributed by atoms with E-state index in [1.165, 1.54) is 22.3 Å². The number of carbonyl (C=O) groups is 1. The molecule has 0 fully saturated rings. The molecule has 1 aliphatic carbocycles. The van der Waals surface area contributed by atoms with E-state index < -0.39 is 0 Å². The zero-order chi connectivity index (χ0) is 24.9. The fraction of sp³-hybridized carbons (Fsp3) is 0.462. The second-order valence-electron chi connectivity index (χ2n) is 8.77. The molecule has 2 heterocycles. The fourth-order valence-electron chi connectivity index (χ4n) is 4.55. The summed E-state index contributed by atoms with van der Waals surface area (Å²) < 4.78 is 2.04. The number of thiophene rings is 1. The molecule has 0 saturated carbocycles. The minimum atomic E-state index is -0.131. The number of hydrogen-bond acceptors (Lipinski definition) is 7. The third-order valence-corrected chi connectivity index (χ3v) is 8.63. The van der Waals surface area contributed by atoms with E-state index in [1.54, 1.807) is 11.3 Å². The van der Waals surface area contributed by atoms with Crippen LogP contribution in [0.1, 0.15) is 50.1 Å². The van der Waals surface area contributed by atoms with Crippen LogP contribution in [0.3, 0.4) is 0 Å². The average molecular weight is 509 g/mol. The highest BCUT2D eigenvalue weighted by Gasteiger charge is 2.25. The zero-order valence-corrected chi connectivity index (χ0v) is 22.4. The topological polar surface area (TPSA) is 86.8 Å². The Morgan fingerprint density at radius 1 is 1.26 bits per heavy atom. The summed E-state index contributed by atoms with van der Waals surface area (Å²) in [6.07, 6.45) is 2.99. The SMILES string of the molecule is CCN(CC)c1ccc(-c2nnc(SCC(=O)Nc3sc4c(c3C#N)CCC(C)C4)n2CC)cc1. The van der Waals surface area contributed by atoms with E-state index in [2.05, 4.69) is 78.4 Å². The molecule has 2 aromatic heterocycles. The monoisotopic (exact) mass is 508 g/mol. The molecule has 1 atom stereocenters. The molecule has 1 amide bonds. The van der Waals surface area contributed by atoms with Gasteiger partial charge in [0.1, 0.15) is 11.1 Å². The number of benzene rings is 1. The van der Waals surface area contributed by atoms with Crippen molar-refractivity contribution in [1.29, 1.82) is 5.26 Å². The van der Waals surface area contributed by atoms with Gasteiger partial charge in [0, 0.05) is 35.8 Å². The molecule has 0 saturated heterocycles. The molecule has 0 aliphatic heterocycles. The van der Waals surface area contributed by atoms with Crippen LogP contribution in [0, 0.1) is 17.2 Å². The number of hydrogen-bond donors (Lipinski definition) is 1. The van der Waals surface area contributed by atoms with Crippen LogP contribution in [0.4, 0.5) is 10.7 Å². The zero-order valence-electron chi connectivity index (χ0n) is 20.8. The second kappa shape index (κ2) is 11.3. The Hall–Kier alpha value is -2.83. The molecule has 1 N–H and O–H groups in total. The summed E-state index contributed by atoms with van der Waals surface area (Å²) in [5, 5.41) is 22.8. The fourth-order valence-corrected chi connectivity index (χ4v) is 6.73. The van der Waals surface area contributed by atoms with Crippen molar-refractivity contribution >= 4 is 39.7 Å². The van der Waals surface area contributed by atoms with E-state index in [0.29, 0.717) is 28.2 Å². The number of rotatable bonds is 9. The maximum absolute atomic E-state index is 12.8. The van der Waals surface area contributed by atoms with Crippen molar-refractivity contribution in [2.24, 2.45) is 5.92 Å². The number of nitrogens with one attached hydrogen (secondary N) is 1. The van der Waals surface area contributed by atoms with Gasteiger partial charge in [0.2, 0.25) is 5.91 Å². The highest BCUT2D eigenvalue weighted by atomic mass is 32.2. The Bertz CT molecular complexity index is 1220. The predicted molar refractivity (Wildman–Crippen MR) is 144 cm³/mol. The molecule has 7 nitrogen and oxygen atoms in total. The quantitative estimate of drug-likeness (QED) is 0.379. The van der Waals surface area contributed by atoms with Crippen LogP contribution in [-0.4, -0.2) is 39.5 Å². The molecule has 0 radical (unpaired) electrons. The number of nitriles is 1. The van der Waals surface area contributed by atoms with Crippen molar-refractivity contribution in [3.8, 4) is 17.5 Å². The molecule has 1 unspecified atom stereocenters. The van der Waals surface area contributed by atoms with Crippen LogP contribution >= 0.6 is 23.1 Å². The number of nitrogens with zero attached hydrogens (tertiary/aromatic N) is 5. The van der Waals surface area contributed by atoms with E-state index in [-0.39, 0.29) is 11.7 Å². The van der Waals surface area contributed by atoms with Gasteiger partial charge in [-0.2, -0.15) is 5.26 Å². The number of aromatic nitrogens is 3. The van der Waals surface area contributed by atoms with Gasteiger partial charge in [0.25, 0.3) is 0 Å². The van der Waals surface area contributed by atoms with Crippen molar-refractivity contribution in [3.63, 3.8) is 0 Å². The van der Waals surface area contributed by atoms with Crippen molar-refractivity contribution in [2.75, 3.05) is 29.1 Å². The minimum absolute atomic E-state index is 0.131. The molecular formula is C26H32N6OS2. The number of thioether (sulfide) groups is 1. The van der Waals surface area contributed by atoms with Crippen LogP contribution in [-0.2, 0) is 24.2 Å². The first-order chi connectivity index (χ1) is 17.0. The van der Waals surface area contributed by atoms with Crippen molar-refractivity contribution < 1.29 is 4.79 Å². The van der Waals surface area contributed by atoms with Gasteiger partial charge in [-0.3, -0.25) is 4.79 Å². The predicted octanol–water partition coefficient (Wildman–Crippen LogP) is 5.60. The average Bonchev–Trinajstić information content (AvgIpc) is 3.43. The van der Waals surface area contributed by atoms with Crippen LogP contribution < -0.4 is 10.2 Å². The summed E-state index contributed by atoms with van der Waals surface area (Å²) in [4.78, 5) is 16.3. The van der Waals surface area contributed by atoms with Crippen LogP contribution in [0.15, 0.2) is 29.4 Å². The van der Waals surface area contributed by atoms with Gasteiger partial charge in [-0.1, -0.05) is 18.7 Å². The molecule has 4 rings (SSSR count). The van der Waals surface area contributed by atoms with Gasteiger partial charge in [-0.05, 0) is 75.8 Å². The first-order valence-corrected chi connectivity index (χ1v) is 14.0. The third kappa shape index (κ3) is 5.39. The van der Waals surface area contributed by atoms with Gasteiger partial charge in [0.05, 0.1) is 11.3 Å². The molecule has 9 heteroatoms. The third-order valence-electron chi connectivity index (χ3n) is 6.50. The second-order valence-corrected chi connectivity index (χ2v) is 10.8. The normalized spacial score (nSPS) is 14.9. The van der Waals surface area contributed by atoms with E-state index in [4.69, 9.17) is 0 Å². The molecule has 0 spiro atoms. The molecular weight excluding hydrogens is 476 g/mol. The summed E-state index contributed by atoms with van der Waals surface area (Å²) in [6.45, 7) is 11.2. The lowest BCUT2D eigenvalue weighted by Gasteiger charge is -2.21. The molecule has 1 aromatic carbocycles. The maximum Gasteiger partial charge on any atom is 0.235 e. The number of amides is 1. The van der Waals surface area contributed by atoms with E-state index in [0.717, 1.165) is 49.3 Å². The molecule has 0 bridgehead atoms. The van der Waals surface area contributed by atoms with E-state index in [1.807, 2.05) is 4.57 Å². The molecule has 3 aromatic rings. The van der Waals surface area contributed by atoms with E-state index in [9.17, 15) is 10.1 Å². The molecule has 1 aliphatic rings. The van der Waals surface area contributed by atoms with Gasteiger partial charge in [-0.25, -0.2) is 0 Å². The Balaban J connectivity index is 1.44. The van der Waals surface area contributed by atoms with Crippen molar-refractivity contribution in [3.05, 3.63) is 40.3 Å². The van der Waals surface area contributed by atoms with Crippen molar-refractivity contribution in [1.82, 2.24) is 14.8 Å². The summed E-state index contributed by atoms with van der Waals surface area (Å²) in [5.41, 5.74) is 3.96. The minimum Gasteiger partial charge on any atom is -0.372 e. The Labute approximate surface area is 215 Å². The van der Waals surface area contributed by atoms with Crippen LogP contribution in [0.5, 0.6) is 0 Å². The number of anilines is 2. The van der Waals surface area contributed by atoms with Gasteiger partial charge in [0.15, 0.2) is 11.0 Å². The van der Waals surface area contributed by atoms with E-state index >= 15 is 0 Å². The summed E-state index contributed by atoms with van der Waals surface area (Å²) in [7, 11) is 0. The lowest BCUT2D eigenvalue weighted by atomic mass is 9.89. The lowest BCUT2D eigenvalue weighted by molar-refractivity contribution is -0.113. The number of fused-ring (bicyclic) bond motifs is 1. The smallest absolute Gasteiger partial charge is 0.235 e. The largest absolute Gasteiger partial charge is 0.372 e. The van der Waals surface area contributed by atoms with Gasteiger partial charge < -0.3 is 14.8 Å². The van der Waals surface area contributed by atoms with Crippen LogP contribution in [0.25, 0.3) is 11.4 Å². The Morgan fingerprint density at radius 2 is 2.00 bits per heavy atom. The molecule has 35 heavy (non-hydrogen) atoms. The van der Waals surface area contributed by atoms with Crippen LogP contribution in [0.2, 0.25) is 0 Å². The first-order valence-electron chi connectivity index (χ1n) is 12.2. The Morgan fingerprint density at radius 3 is 2.66 bits per heavy atom. The maximum atomic E-state index is 12.8. The lowest BCUT2D eigenvalue weighted by Crippen LogP contribution is -2.21. The highest BCUT2D eigenvalue weighted by molar-refractivity contribution is 7.99. The highest BCUT2D eigenvalue weighted by Crippen LogP contribution is 2.39. The first kappa shape index (κ1) is 25.3. The van der Waals surface area contributed by atoms with Crippen molar-refractivity contribution in [2.45, 2.75) is 58.7 Å².